The smallest absolute Gasteiger partial charge is 0.422 e. The maximum Gasteiger partial charge on any atom is 0.422 e. The Bertz CT molecular complexity index is 1500. The Balaban J connectivity index is 0.00000294. The summed E-state index contributed by atoms with van der Waals surface area (Å²) in [5, 5.41) is 17.2. The molecule has 0 bridgehead atoms. The summed E-state index contributed by atoms with van der Waals surface area (Å²) >= 11 is 0. The molecule has 3 aromatic carbocycles. The lowest BCUT2D eigenvalue weighted by Gasteiger charge is -2.25. The van der Waals surface area contributed by atoms with Gasteiger partial charge >= 0.3 is 16.3 Å². The zero-order valence-corrected chi connectivity index (χ0v) is 25.1. The number of carbonyl (C=O) groups is 1. The van der Waals surface area contributed by atoms with Gasteiger partial charge in [-0.3, -0.25) is 10.8 Å². The third kappa shape index (κ3) is 8.38. The Hall–Kier alpha value is -3.74. The molecular formula is C27H34Cl2N6O5S. The van der Waals surface area contributed by atoms with Crippen molar-refractivity contribution in [3.8, 4) is 5.75 Å². The average molecular weight is 626 g/mol. The zero-order valence-electron chi connectivity index (χ0n) is 22.6. The van der Waals surface area contributed by atoms with Crippen LogP contribution in [0.2, 0.25) is 0 Å². The van der Waals surface area contributed by atoms with E-state index in [1.807, 2.05) is 27.8 Å². The van der Waals surface area contributed by atoms with Gasteiger partial charge in [0, 0.05) is 18.5 Å². The molecule has 0 unspecified atom stereocenters. The highest BCUT2D eigenvalue weighted by molar-refractivity contribution is 7.91. The minimum absolute atomic E-state index is 0. The summed E-state index contributed by atoms with van der Waals surface area (Å²) in [6.45, 7) is 4.64. The molecule has 14 heteroatoms. The molecule has 0 aliphatic carbocycles. The van der Waals surface area contributed by atoms with E-state index < -0.39 is 16.3 Å². The normalized spacial score (nSPS) is 14.4. The summed E-state index contributed by atoms with van der Waals surface area (Å²) in [6.07, 6.45) is -0.354. The van der Waals surface area contributed by atoms with E-state index in [0.717, 1.165) is 28.0 Å². The first-order valence-electron chi connectivity index (χ1n) is 12.5. The standard InChI is InChI=1S/C27H32N6O5S.2ClH/c1-3-37-27(34)31-39(35,36)33(16-19-4-5-20-6-7-21(26(29)30)15-22(20)14-19)23-8-10-24(11-9-23)38-25-12-13-32(17-25)18(2)28;;/h4-11,14-15,25,28H,3,12-13,16-17H2,1-2H3,(H3,29,30)(H,31,34);2*1H/t25-;;/m0../s1. The molecule has 1 atom stereocenters. The van der Waals surface area contributed by atoms with E-state index in [0.29, 0.717) is 34.9 Å². The van der Waals surface area contributed by atoms with Crippen LogP contribution < -0.4 is 19.5 Å². The summed E-state index contributed by atoms with van der Waals surface area (Å²) in [7, 11) is -4.34. The molecule has 1 saturated heterocycles. The molecule has 11 nitrogen and oxygen atoms in total. The van der Waals surface area contributed by atoms with E-state index >= 15 is 0 Å². The number of ether oxygens (including phenoxy) is 2. The third-order valence-corrected chi connectivity index (χ3v) is 7.71. The van der Waals surface area contributed by atoms with Gasteiger partial charge in [0.25, 0.3) is 0 Å². The summed E-state index contributed by atoms with van der Waals surface area (Å²) in [5.41, 5.74) is 7.17. The number of anilines is 1. The van der Waals surface area contributed by atoms with Crippen molar-refractivity contribution in [2.75, 3.05) is 24.0 Å². The van der Waals surface area contributed by atoms with Gasteiger partial charge in [-0.2, -0.15) is 8.42 Å². The Morgan fingerprint density at radius 2 is 1.76 bits per heavy atom. The highest BCUT2D eigenvalue weighted by atomic mass is 35.5. The molecule has 5 N–H and O–H groups in total. The van der Waals surface area contributed by atoms with Crippen LogP contribution in [-0.4, -0.2) is 56.9 Å². The summed E-state index contributed by atoms with van der Waals surface area (Å²) in [4.78, 5) is 14.0. The van der Waals surface area contributed by atoms with Crippen molar-refractivity contribution in [2.24, 2.45) is 5.73 Å². The van der Waals surface area contributed by atoms with Gasteiger partial charge in [-0.15, -0.1) is 24.8 Å². The van der Waals surface area contributed by atoms with E-state index in [4.69, 9.17) is 26.0 Å². The second-order valence-corrected chi connectivity index (χ2v) is 10.8. The van der Waals surface area contributed by atoms with Gasteiger partial charge in [0.2, 0.25) is 0 Å². The number of halogens is 2. The Labute approximate surface area is 252 Å². The number of carbonyl (C=O) groups excluding carboxylic acids is 1. The SMILES string of the molecule is CCOC(=O)NS(=O)(=O)N(Cc1ccc2ccc(C(=N)N)cc2c1)c1ccc(O[C@H]2CCN(C(C)=N)C2)cc1.Cl.Cl. The van der Waals surface area contributed by atoms with Crippen LogP contribution in [0.25, 0.3) is 10.8 Å². The lowest BCUT2D eigenvalue weighted by atomic mass is 10.0. The maximum absolute atomic E-state index is 13.3. The van der Waals surface area contributed by atoms with E-state index in [2.05, 4.69) is 0 Å². The second-order valence-electron chi connectivity index (χ2n) is 9.20. The Morgan fingerprint density at radius 1 is 1.07 bits per heavy atom. The summed E-state index contributed by atoms with van der Waals surface area (Å²) in [6, 6.07) is 17.4. The van der Waals surface area contributed by atoms with E-state index in [9.17, 15) is 13.2 Å². The van der Waals surface area contributed by atoms with Crippen LogP contribution in [0.5, 0.6) is 5.75 Å². The van der Waals surface area contributed by atoms with Crippen molar-refractivity contribution < 1.29 is 22.7 Å². The van der Waals surface area contributed by atoms with Crippen molar-refractivity contribution in [3.63, 3.8) is 0 Å². The second kappa shape index (κ2) is 14.2. The molecule has 1 aliphatic heterocycles. The fraction of sp³-hybridized carbons (Fsp3) is 0.296. The monoisotopic (exact) mass is 624 g/mol. The Morgan fingerprint density at radius 3 is 2.37 bits per heavy atom. The van der Waals surface area contributed by atoms with Crippen molar-refractivity contribution in [3.05, 3.63) is 71.8 Å². The van der Waals surface area contributed by atoms with Crippen LogP contribution in [0.3, 0.4) is 0 Å². The van der Waals surface area contributed by atoms with Gasteiger partial charge < -0.3 is 20.1 Å². The number of amidine groups is 2. The van der Waals surface area contributed by atoms with Crippen molar-refractivity contribution in [2.45, 2.75) is 32.9 Å². The molecule has 4 rings (SSSR count). The van der Waals surface area contributed by atoms with Gasteiger partial charge in [-0.25, -0.2) is 13.8 Å². The average Bonchev–Trinajstić information content (AvgIpc) is 3.36. The van der Waals surface area contributed by atoms with Crippen LogP contribution in [0, 0.1) is 10.8 Å². The van der Waals surface area contributed by atoms with Crippen molar-refractivity contribution in [1.29, 1.82) is 10.8 Å². The van der Waals surface area contributed by atoms with Crippen LogP contribution in [0.15, 0.2) is 60.7 Å². The van der Waals surface area contributed by atoms with Crippen LogP contribution in [-0.2, 0) is 21.5 Å². The number of hydrogen-bond acceptors (Lipinski definition) is 7. The quantitative estimate of drug-likeness (QED) is 0.202. The fourth-order valence-corrected chi connectivity index (χ4v) is 5.47. The van der Waals surface area contributed by atoms with E-state index in [1.165, 1.54) is 0 Å². The number of amides is 1. The third-order valence-electron chi connectivity index (χ3n) is 6.37. The maximum atomic E-state index is 13.3. The first-order chi connectivity index (χ1) is 18.6. The molecule has 222 valence electrons. The van der Waals surface area contributed by atoms with Crippen molar-refractivity contribution >= 4 is 69.2 Å². The number of nitrogen functional groups attached to an aromatic ring is 1. The van der Waals surface area contributed by atoms with Gasteiger partial charge in [0.15, 0.2) is 0 Å². The van der Waals surface area contributed by atoms with Crippen LogP contribution in [0.1, 0.15) is 31.4 Å². The summed E-state index contributed by atoms with van der Waals surface area (Å²) in [5.74, 6) is 1.01. The predicted molar refractivity (Wildman–Crippen MR) is 165 cm³/mol. The molecule has 0 saturated carbocycles. The molecule has 3 aromatic rings. The molecule has 0 aromatic heterocycles. The first kappa shape index (κ1) is 33.5. The zero-order chi connectivity index (χ0) is 28.2. The van der Waals surface area contributed by atoms with Gasteiger partial charge in [-0.05, 0) is 66.6 Å². The number of likely N-dealkylation sites (tertiary alicyclic amines) is 1. The molecule has 1 fully saturated rings. The largest absolute Gasteiger partial charge is 0.489 e. The fourth-order valence-electron chi connectivity index (χ4n) is 4.38. The van der Waals surface area contributed by atoms with Crippen LogP contribution in [0.4, 0.5) is 10.5 Å². The molecular weight excluding hydrogens is 591 g/mol. The number of fused-ring (bicyclic) bond motifs is 1. The molecule has 1 heterocycles. The van der Waals surface area contributed by atoms with Gasteiger partial charge in [-0.1, -0.05) is 24.3 Å². The molecule has 41 heavy (non-hydrogen) atoms. The molecule has 1 aliphatic rings. The summed E-state index contributed by atoms with van der Waals surface area (Å²) < 4.78 is 40.5. The molecule has 0 radical (unpaired) electrons. The van der Waals surface area contributed by atoms with Crippen molar-refractivity contribution in [1.82, 2.24) is 9.62 Å². The lowest BCUT2D eigenvalue weighted by Crippen LogP contribution is -2.43. The Kier molecular flexibility index (Phi) is 11.6. The number of benzene rings is 3. The molecule has 0 spiro atoms. The number of hydrogen-bond donors (Lipinski definition) is 4. The van der Waals surface area contributed by atoms with E-state index in [1.54, 1.807) is 56.3 Å². The topological polar surface area (TPSA) is 162 Å². The number of nitrogens with zero attached hydrogens (tertiary/aromatic N) is 2. The van der Waals surface area contributed by atoms with Gasteiger partial charge in [0.1, 0.15) is 17.7 Å². The number of rotatable bonds is 9. The predicted octanol–water partition coefficient (Wildman–Crippen LogP) is 4.42. The first-order valence-corrected chi connectivity index (χ1v) is 13.9. The highest BCUT2D eigenvalue weighted by Gasteiger charge is 2.27. The van der Waals surface area contributed by atoms with E-state index in [-0.39, 0.29) is 49.9 Å². The van der Waals surface area contributed by atoms with Gasteiger partial charge in [0.05, 0.1) is 31.2 Å². The highest BCUT2D eigenvalue weighted by Crippen LogP contribution is 2.27. The number of nitrogens with two attached hydrogens (primary N) is 1. The van der Waals surface area contributed by atoms with Crippen LogP contribution >= 0.6 is 24.8 Å². The lowest BCUT2D eigenvalue weighted by molar-refractivity contribution is 0.158. The minimum atomic E-state index is -4.34. The molecule has 1 amide bonds. The number of nitrogens with one attached hydrogen (secondary N) is 3. The minimum Gasteiger partial charge on any atom is -0.489 e.